The number of aromatic nitrogens is 6. The highest BCUT2D eigenvalue weighted by molar-refractivity contribution is 7.26. The molecule has 0 bridgehead atoms. The van der Waals surface area contributed by atoms with Crippen molar-refractivity contribution in [1.29, 1.82) is 0 Å². The summed E-state index contributed by atoms with van der Waals surface area (Å²) < 4.78 is 15.5. The van der Waals surface area contributed by atoms with Crippen LogP contribution in [0.15, 0.2) is 202 Å². The second-order valence-corrected chi connectivity index (χ2v) is 30.3. The lowest BCUT2D eigenvalue weighted by Gasteiger charge is -2.23. The predicted molar refractivity (Wildman–Crippen MR) is 421 cm³/mol. The Labute approximate surface area is 587 Å². The van der Waals surface area contributed by atoms with Gasteiger partial charge in [-0.2, -0.15) is 0 Å². The van der Waals surface area contributed by atoms with Gasteiger partial charge in [-0.15, -0.1) is 11.3 Å². The number of hydrogen-bond donors (Lipinski definition) is 3. The normalized spacial score (nSPS) is 14.4. The maximum Gasteiger partial charge on any atom is 0.143 e. The summed E-state index contributed by atoms with van der Waals surface area (Å²) >= 11 is 1.90. The summed E-state index contributed by atoms with van der Waals surface area (Å²) in [7, 11) is 0. The number of H-pyrrole nitrogens is 3. The summed E-state index contributed by atoms with van der Waals surface area (Å²) in [5.41, 5.74) is 23.5. The van der Waals surface area contributed by atoms with Gasteiger partial charge in [0.1, 0.15) is 41.0 Å². The Morgan fingerprint density at radius 3 is 1.31 bits per heavy atom. The van der Waals surface area contributed by atoms with Gasteiger partial charge in [0.25, 0.3) is 0 Å². The fourth-order valence-electron chi connectivity index (χ4n) is 14.3. The minimum absolute atomic E-state index is 0.378. The molecule has 3 N–H and O–H groups in total. The van der Waals surface area contributed by atoms with Crippen molar-refractivity contribution < 1.29 is 9.15 Å². The molecule has 14 aromatic rings. The average Bonchev–Trinajstić information content (AvgIpc) is 1.22. The molecule has 0 aliphatic carbocycles. The Morgan fingerprint density at radius 2 is 0.790 bits per heavy atom. The van der Waals surface area contributed by atoms with Gasteiger partial charge in [-0.1, -0.05) is 168 Å². The monoisotopic (exact) mass is 1330 g/mol. The number of aliphatic imine (C=N–C) groups is 3. The van der Waals surface area contributed by atoms with E-state index in [1.807, 2.05) is 42.3 Å². The first kappa shape index (κ1) is 64.1. The van der Waals surface area contributed by atoms with Crippen LogP contribution in [0.1, 0.15) is 160 Å². The van der Waals surface area contributed by atoms with Crippen molar-refractivity contribution in [3.8, 4) is 50.6 Å². The van der Waals surface area contributed by atoms with E-state index in [1.54, 1.807) is 0 Å². The summed E-state index contributed by atoms with van der Waals surface area (Å²) in [5, 5.41) is 12.2. The maximum atomic E-state index is 6.44. The smallest absolute Gasteiger partial charge is 0.143 e. The molecule has 11 nitrogen and oxygen atoms in total. The van der Waals surface area contributed by atoms with Crippen LogP contribution in [-0.4, -0.2) is 47.0 Å². The van der Waals surface area contributed by atoms with Gasteiger partial charge >= 0.3 is 0 Å². The van der Waals surface area contributed by atoms with E-state index in [0.29, 0.717) is 42.1 Å². The number of benzene rings is 9. The van der Waals surface area contributed by atoms with Crippen molar-refractivity contribution in [3.63, 3.8) is 0 Å². The summed E-state index contributed by atoms with van der Waals surface area (Å²) in [6.07, 6.45) is 14.7. The Morgan fingerprint density at radius 1 is 0.370 bits per heavy atom. The molecule has 100 heavy (non-hydrogen) atoms. The molecule has 0 fully saturated rings. The molecule has 498 valence electrons. The molecule has 4 aliphatic heterocycles. The summed E-state index contributed by atoms with van der Waals surface area (Å²) in [6, 6.07) is 53.3. The minimum Gasteiger partial charge on any atom is -0.488 e. The van der Waals surface area contributed by atoms with Crippen LogP contribution < -0.4 is 4.74 Å². The lowest BCUT2D eigenvalue weighted by molar-refractivity contribution is 0.306. The molecular weight excluding hydrogens is 1250 g/mol. The van der Waals surface area contributed by atoms with E-state index in [9.17, 15) is 0 Å². The van der Waals surface area contributed by atoms with Gasteiger partial charge < -0.3 is 24.1 Å². The highest BCUT2D eigenvalue weighted by Gasteiger charge is 2.25. The molecule has 0 atom stereocenters. The lowest BCUT2D eigenvalue weighted by Crippen LogP contribution is -2.07. The van der Waals surface area contributed by atoms with Crippen LogP contribution in [0.25, 0.3) is 136 Å². The zero-order valence-corrected chi connectivity index (χ0v) is 59.8. The average molecular weight is 1330 g/mol. The van der Waals surface area contributed by atoms with Crippen molar-refractivity contribution in [1.82, 2.24) is 29.9 Å². The van der Waals surface area contributed by atoms with Crippen molar-refractivity contribution >= 4 is 120 Å². The molecule has 18 rings (SSSR count). The van der Waals surface area contributed by atoms with Crippen LogP contribution in [0, 0.1) is 17.8 Å². The van der Waals surface area contributed by atoms with E-state index in [1.165, 1.54) is 104 Å². The number of furan rings is 1. The second-order valence-electron chi connectivity index (χ2n) is 29.3. The van der Waals surface area contributed by atoms with E-state index in [0.717, 1.165) is 114 Å². The van der Waals surface area contributed by atoms with Crippen LogP contribution in [0.2, 0.25) is 0 Å². The molecule has 5 aromatic heterocycles. The van der Waals surface area contributed by atoms with Gasteiger partial charge in [-0.3, -0.25) is 15.0 Å². The van der Waals surface area contributed by atoms with Crippen molar-refractivity contribution in [2.75, 3.05) is 0 Å². The Bertz CT molecular complexity index is 5560. The van der Waals surface area contributed by atoms with Gasteiger partial charge in [-0.05, 0) is 144 Å². The van der Waals surface area contributed by atoms with Crippen LogP contribution in [0.4, 0.5) is 0 Å². The molecule has 9 aromatic carbocycles. The van der Waals surface area contributed by atoms with Crippen LogP contribution in [0.3, 0.4) is 0 Å². The number of nitrogens with zero attached hydrogens (tertiary/aromatic N) is 6. The number of rotatable bonds is 12. The minimum atomic E-state index is 0.378. The number of ether oxygens (including phenoxy) is 1. The molecule has 12 heteroatoms. The van der Waals surface area contributed by atoms with E-state index in [-0.39, 0.29) is 0 Å². The number of allylic oxidation sites excluding steroid dienone is 3. The third-order valence-corrected chi connectivity index (χ3v) is 21.6. The third-order valence-electron chi connectivity index (χ3n) is 20.4. The molecule has 0 saturated heterocycles. The number of fused-ring (bicyclic) bond motifs is 15. The fourth-order valence-corrected chi connectivity index (χ4v) is 15.6. The summed E-state index contributed by atoms with van der Waals surface area (Å²) in [4.78, 5) is 37.9. The predicted octanol–water partition coefficient (Wildman–Crippen LogP) is 24.4. The first-order valence-electron chi connectivity index (χ1n) is 35.5. The molecule has 0 amide bonds. The number of hydrogen-bond acceptors (Lipinski definition) is 9. The first-order chi connectivity index (χ1) is 48.4. The second kappa shape index (κ2) is 25.9. The van der Waals surface area contributed by atoms with Gasteiger partial charge in [0.05, 0.1) is 35.7 Å². The fraction of sp³-hybridized carbons (Fsp3) is 0.250. The molecule has 9 heterocycles. The largest absolute Gasteiger partial charge is 0.488 e. The summed E-state index contributed by atoms with van der Waals surface area (Å²) in [5.74, 6) is 6.65. The SMILES string of the molecule is CC(C)C1=NC=C(c2ccc3c(c2)COc2c-3ccc3cc(-c4cnc(C(C)C)[nH]4)ccc23)C1.CC(C)C1=NC=C(c2ccc3c(c2)oc2c4ccc(-c5cnc(C(C)C)[nH]5)cc4ccc32)C1.CC(C)C1=NC=C(c2ccc3c(c2)sc2c4ccc(-c5cnc(C(C)C)[nH]5)cc4ccc32)C1. The first-order valence-corrected chi connectivity index (χ1v) is 36.3. The quantitative estimate of drug-likeness (QED) is 0.112. The van der Waals surface area contributed by atoms with Crippen LogP contribution in [0.5, 0.6) is 5.75 Å². The number of aromatic amines is 3. The van der Waals surface area contributed by atoms with E-state index >= 15 is 0 Å². The molecule has 0 saturated carbocycles. The van der Waals surface area contributed by atoms with E-state index < -0.39 is 0 Å². The Balaban J connectivity index is 0.000000117. The molecule has 0 spiro atoms. The van der Waals surface area contributed by atoms with Gasteiger partial charge in [0.2, 0.25) is 0 Å². The molecular formula is C88H83N9O2S. The Hall–Kier alpha value is -10.6. The van der Waals surface area contributed by atoms with Gasteiger partial charge in [-0.25, -0.2) is 15.0 Å². The number of thiophene rings is 1. The Kier molecular flexibility index (Phi) is 16.6. The van der Waals surface area contributed by atoms with Crippen LogP contribution >= 0.6 is 11.3 Å². The lowest BCUT2D eigenvalue weighted by atomic mass is 9.90. The van der Waals surface area contributed by atoms with Gasteiger partial charge in [0.15, 0.2) is 0 Å². The zero-order valence-electron chi connectivity index (χ0n) is 59.0. The molecule has 0 unspecified atom stereocenters. The standard InChI is InChI=1S/C30H29N3O.C29H27N3O.C29H27N3S/c1-17(2)27-13-22(14-31-27)19-5-8-24-23(11-19)16-34-29-25-9-7-21(12-20(25)6-10-26(24)29)28-15-32-30(33-28)18(3)4;2*1-16(2)25-12-21(14-30-25)18-5-9-23-24-10-6-19-11-20(26-15-31-29(32-26)17(3)4)7-8-22(19)28(24)33-27(23)13-18/h5-12,14-15,17-18H,13,16H2,1-4H3,(H,32,33);2*5-11,13-17H,12H2,1-4H3,(H,31,32). The molecule has 0 radical (unpaired) electrons. The zero-order chi connectivity index (χ0) is 68.8. The maximum absolute atomic E-state index is 6.44. The van der Waals surface area contributed by atoms with Crippen molar-refractivity contribution in [2.24, 2.45) is 32.7 Å². The third kappa shape index (κ3) is 12.0. The number of imidazole rings is 3. The number of nitrogens with one attached hydrogen (secondary N) is 3. The van der Waals surface area contributed by atoms with Crippen LogP contribution in [-0.2, 0) is 6.61 Å². The van der Waals surface area contributed by atoms with Gasteiger partial charge in [0, 0.05) is 137 Å². The summed E-state index contributed by atoms with van der Waals surface area (Å²) in [6.45, 7) is 26.7. The van der Waals surface area contributed by atoms with E-state index in [2.05, 4.69) is 280 Å². The van der Waals surface area contributed by atoms with E-state index in [4.69, 9.17) is 9.15 Å². The van der Waals surface area contributed by atoms with Crippen molar-refractivity contribution in [3.05, 3.63) is 223 Å². The highest BCUT2D eigenvalue weighted by atomic mass is 32.1. The topological polar surface area (TPSA) is 145 Å². The highest BCUT2D eigenvalue weighted by Crippen LogP contribution is 2.46. The van der Waals surface area contributed by atoms with Crippen molar-refractivity contribution in [2.45, 2.75) is 127 Å². The molecule has 4 aliphatic rings.